The van der Waals surface area contributed by atoms with Gasteiger partial charge in [-0.1, -0.05) is 41.4 Å². The molecule has 0 saturated heterocycles. The Morgan fingerprint density at radius 1 is 0.882 bits per heavy atom. The molecule has 1 N–H and O–H groups in total. The van der Waals surface area contributed by atoms with Crippen LogP contribution in [0.2, 0.25) is 10.0 Å². The van der Waals surface area contributed by atoms with E-state index < -0.39 is 11.3 Å². The zero-order valence-corrected chi connectivity index (χ0v) is 19.0. The molecule has 4 heterocycles. The summed E-state index contributed by atoms with van der Waals surface area (Å²) in [4.78, 5) is 38.8. The Balaban J connectivity index is 1.66. The van der Waals surface area contributed by atoms with Crippen molar-refractivity contribution in [2.45, 2.75) is 0 Å². The van der Waals surface area contributed by atoms with E-state index in [4.69, 9.17) is 23.2 Å². The normalized spacial score (nSPS) is 10.9. The highest BCUT2D eigenvalue weighted by Gasteiger charge is 2.19. The largest absolute Gasteiger partial charge is 0.319 e. The van der Waals surface area contributed by atoms with Gasteiger partial charge in [0.15, 0.2) is 0 Å². The molecule has 0 aliphatic rings. The number of hydrogen-bond donors (Lipinski definition) is 1. The first-order valence-corrected chi connectivity index (χ1v) is 10.9. The molecule has 0 fully saturated rings. The number of fused-ring (bicyclic) bond motifs is 1. The molecule has 4 aromatic heterocycles. The average Bonchev–Trinajstić information content (AvgIpc) is 2.87. The highest BCUT2D eigenvalue weighted by molar-refractivity contribution is 6.39. The van der Waals surface area contributed by atoms with Crippen molar-refractivity contribution in [1.29, 1.82) is 0 Å². The lowest BCUT2D eigenvalue weighted by molar-refractivity contribution is 0.102. The van der Waals surface area contributed by atoms with Crippen molar-refractivity contribution in [3.8, 4) is 16.8 Å². The number of pyridine rings is 4. The molecule has 1 amide bonds. The van der Waals surface area contributed by atoms with E-state index in [9.17, 15) is 9.59 Å². The van der Waals surface area contributed by atoms with Gasteiger partial charge in [-0.2, -0.15) is 0 Å². The first kappa shape index (κ1) is 21.8. The van der Waals surface area contributed by atoms with E-state index in [2.05, 4.69) is 20.3 Å². The number of hydrogen-bond acceptors (Lipinski definition) is 5. The maximum atomic E-state index is 13.2. The number of halogens is 2. The molecule has 0 atom stereocenters. The minimum Gasteiger partial charge on any atom is -0.319 e. The summed E-state index contributed by atoms with van der Waals surface area (Å²) >= 11 is 12.3. The number of carbonyl (C=O) groups is 1. The molecule has 5 rings (SSSR count). The molecule has 1 aromatic carbocycles. The van der Waals surface area contributed by atoms with Crippen molar-refractivity contribution in [3.63, 3.8) is 0 Å². The van der Waals surface area contributed by atoms with Gasteiger partial charge in [-0.15, -0.1) is 0 Å². The zero-order chi connectivity index (χ0) is 23.7. The van der Waals surface area contributed by atoms with Crippen molar-refractivity contribution < 1.29 is 4.79 Å². The second-order valence-corrected chi connectivity index (χ2v) is 8.16. The summed E-state index contributed by atoms with van der Waals surface area (Å²) in [5.74, 6) is -0.650. The van der Waals surface area contributed by atoms with Crippen LogP contribution >= 0.6 is 23.2 Å². The topological polar surface area (TPSA) is 89.8 Å². The van der Waals surface area contributed by atoms with Crippen molar-refractivity contribution in [1.82, 2.24) is 19.5 Å². The van der Waals surface area contributed by atoms with Gasteiger partial charge in [0.05, 0.1) is 21.1 Å². The molecule has 0 aliphatic carbocycles. The predicted octanol–water partition coefficient (Wildman–Crippen LogP) is 5.40. The van der Waals surface area contributed by atoms with Gasteiger partial charge in [-0.25, -0.2) is 4.98 Å². The fraction of sp³-hybridized carbons (Fsp3) is 0. The Labute approximate surface area is 203 Å². The van der Waals surface area contributed by atoms with E-state index in [0.717, 1.165) is 16.8 Å². The van der Waals surface area contributed by atoms with Gasteiger partial charge >= 0.3 is 0 Å². The van der Waals surface area contributed by atoms with Crippen LogP contribution in [0, 0.1) is 0 Å². The molecule has 0 bridgehead atoms. The van der Waals surface area contributed by atoms with Crippen LogP contribution in [0.1, 0.15) is 10.4 Å². The number of nitrogens with zero attached hydrogens (tertiary/aromatic N) is 4. The van der Waals surface area contributed by atoms with Gasteiger partial charge in [-0.05, 0) is 35.9 Å². The van der Waals surface area contributed by atoms with E-state index in [0.29, 0.717) is 11.0 Å². The standard InChI is InChI=1S/C25H15Cl2N5O2/c26-20-12-29-13-21(27)22(20)31-25(34)19-14-32(24-18(23(19)33)7-3-9-30-24)17-6-1-4-15(10-17)16-5-2-8-28-11-16/h1-14H,(H,29,31,34). The van der Waals surface area contributed by atoms with E-state index in [1.807, 2.05) is 36.4 Å². The Bertz CT molecular complexity index is 1580. The monoisotopic (exact) mass is 487 g/mol. The van der Waals surface area contributed by atoms with Gasteiger partial charge in [0.1, 0.15) is 11.2 Å². The summed E-state index contributed by atoms with van der Waals surface area (Å²) in [6.07, 6.45) is 9.25. The van der Waals surface area contributed by atoms with Crippen LogP contribution in [-0.4, -0.2) is 25.4 Å². The Kier molecular flexibility index (Phi) is 5.79. The lowest BCUT2D eigenvalue weighted by Gasteiger charge is -2.14. The lowest BCUT2D eigenvalue weighted by atomic mass is 10.1. The van der Waals surface area contributed by atoms with Crippen LogP contribution in [-0.2, 0) is 0 Å². The van der Waals surface area contributed by atoms with Gasteiger partial charge < -0.3 is 9.88 Å². The van der Waals surface area contributed by atoms with E-state index >= 15 is 0 Å². The minimum absolute atomic E-state index is 0.0868. The van der Waals surface area contributed by atoms with Crippen LogP contribution < -0.4 is 10.7 Å². The lowest BCUT2D eigenvalue weighted by Crippen LogP contribution is -2.24. The first-order chi connectivity index (χ1) is 16.5. The molecule has 166 valence electrons. The summed E-state index contributed by atoms with van der Waals surface area (Å²) in [5.41, 5.74) is 2.64. The second kappa shape index (κ2) is 9.05. The fourth-order valence-electron chi connectivity index (χ4n) is 3.60. The van der Waals surface area contributed by atoms with Crippen molar-refractivity contribution in [3.05, 3.63) is 112 Å². The summed E-state index contributed by atoms with van der Waals surface area (Å²) in [6.45, 7) is 0. The Morgan fingerprint density at radius 3 is 2.41 bits per heavy atom. The smallest absolute Gasteiger partial charge is 0.261 e. The molecule has 0 radical (unpaired) electrons. The minimum atomic E-state index is -0.650. The van der Waals surface area contributed by atoms with Gasteiger partial charge in [0.2, 0.25) is 5.43 Å². The Hall–Kier alpha value is -4.07. The first-order valence-electron chi connectivity index (χ1n) is 10.1. The molecule has 34 heavy (non-hydrogen) atoms. The van der Waals surface area contributed by atoms with Crippen LogP contribution in [0.5, 0.6) is 0 Å². The highest BCUT2D eigenvalue weighted by Crippen LogP contribution is 2.29. The van der Waals surface area contributed by atoms with Crippen LogP contribution in [0.25, 0.3) is 27.8 Å². The number of nitrogens with one attached hydrogen (secondary N) is 1. The third kappa shape index (κ3) is 4.03. The average molecular weight is 488 g/mol. The number of anilines is 1. The number of rotatable bonds is 4. The fourth-order valence-corrected chi connectivity index (χ4v) is 4.06. The number of carbonyl (C=O) groups excluding carboxylic acids is 1. The molecule has 5 aromatic rings. The number of aromatic nitrogens is 4. The molecule has 7 nitrogen and oxygen atoms in total. The molecule has 9 heteroatoms. The zero-order valence-electron chi connectivity index (χ0n) is 17.4. The molecular weight excluding hydrogens is 473 g/mol. The maximum Gasteiger partial charge on any atom is 0.261 e. The second-order valence-electron chi connectivity index (χ2n) is 7.34. The van der Waals surface area contributed by atoms with Crippen molar-refractivity contribution >= 4 is 45.8 Å². The number of benzene rings is 1. The quantitative estimate of drug-likeness (QED) is 0.366. The van der Waals surface area contributed by atoms with Gasteiger partial charge in [0, 0.05) is 48.4 Å². The van der Waals surface area contributed by atoms with Gasteiger partial charge in [0.25, 0.3) is 5.91 Å². The van der Waals surface area contributed by atoms with E-state index in [1.54, 1.807) is 35.3 Å². The SMILES string of the molecule is O=C(Nc1c(Cl)cncc1Cl)c1cn(-c2cccc(-c3cccnc3)c2)c2ncccc2c1=O. The predicted molar refractivity (Wildman–Crippen MR) is 133 cm³/mol. The van der Waals surface area contributed by atoms with Gasteiger partial charge in [-0.3, -0.25) is 19.6 Å². The molecule has 0 saturated carbocycles. The summed E-state index contributed by atoms with van der Waals surface area (Å²) in [6, 6.07) is 14.8. The third-order valence-corrected chi connectivity index (χ3v) is 5.79. The van der Waals surface area contributed by atoms with Crippen LogP contribution in [0.3, 0.4) is 0 Å². The summed E-state index contributed by atoms with van der Waals surface area (Å²) < 4.78 is 1.71. The molecule has 0 aliphatic heterocycles. The van der Waals surface area contributed by atoms with E-state index in [-0.39, 0.29) is 21.3 Å². The third-order valence-electron chi connectivity index (χ3n) is 5.22. The van der Waals surface area contributed by atoms with Crippen LogP contribution in [0.4, 0.5) is 5.69 Å². The molecule has 0 spiro atoms. The number of amides is 1. The summed E-state index contributed by atoms with van der Waals surface area (Å²) in [7, 11) is 0. The van der Waals surface area contributed by atoms with Crippen LogP contribution in [0.15, 0.2) is 90.5 Å². The molecular formula is C25H15Cl2N5O2. The van der Waals surface area contributed by atoms with E-state index in [1.165, 1.54) is 18.6 Å². The van der Waals surface area contributed by atoms with Crippen molar-refractivity contribution in [2.75, 3.05) is 5.32 Å². The Morgan fingerprint density at radius 2 is 1.65 bits per heavy atom. The molecule has 0 unspecified atom stereocenters. The van der Waals surface area contributed by atoms with Crippen molar-refractivity contribution in [2.24, 2.45) is 0 Å². The highest BCUT2D eigenvalue weighted by atomic mass is 35.5. The maximum absolute atomic E-state index is 13.2. The summed E-state index contributed by atoms with van der Waals surface area (Å²) in [5, 5.41) is 3.25.